The van der Waals surface area contributed by atoms with Gasteiger partial charge in [0, 0.05) is 5.39 Å². The topological polar surface area (TPSA) is 4.93 Å². The van der Waals surface area contributed by atoms with Crippen LogP contribution in [0.1, 0.15) is 0 Å². The van der Waals surface area contributed by atoms with Gasteiger partial charge in [-0.3, -0.25) is 0 Å². The third-order valence-corrected chi connectivity index (χ3v) is 7.96. The highest BCUT2D eigenvalue weighted by Gasteiger charge is 2.18. The van der Waals surface area contributed by atoms with E-state index in [4.69, 9.17) is 0 Å². The van der Waals surface area contributed by atoms with Gasteiger partial charge in [0.25, 0.3) is 0 Å². The molecule has 0 aliphatic heterocycles. The van der Waals surface area contributed by atoms with Crippen LogP contribution >= 0.6 is 22.7 Å². The van der Waals surface area contributed by atoms with Crippen molar-refractivity contribution in [1.82, 2.24) is 4.57 Å². The van der Waals surface area contributed by atoms with Gasteiger partial charge >= 0.3 is 0 Å². The lowest BCUT2D eigenvalue weighted by atomic mass is 9.93. The highest BCUT2D eigenvalue weighted by molar-refractivity contribution is 7.14. The molecule has 7 aromatic rings. The van der Waals surface area contributed by atoms with Gasteiger partial charge in [-0.2, -0.15) is 0 Å². The maximum Gasteiger partial charge on any atom is 0.0635 e. The number of nitrogens with zero attached hydrogens (tertiary/aromatic N) is 1. The van der Waals surface area contributed by atoms with E-state index >= 15 is 0 Å². The summed E-state index contributed by atoms with van der Waals surface area (Å²) in [6.45, 7) is 0. The Kier molecular flexibility index (Phi) is 3.65. The standard InChI is InChI=1S/C28H17NS2/c1-4-18-8-9-20-11-13-22(21-12-10-19(5-1)27(18)28(20)21)29-23(25-6-2-16-30-25)14-15-24(29)26-7-3-17-31-26/h1-17H. The Labute approximate surface area is 187 Å². The third-order valence-electron chi connectivity index (χ3n) is 6.17. The van der Waals surface area contributed by atoms with Gasteiger partial charge in [-0.15, -0.1) is 22.7 Å². The highest BCUT2D eigenvalue weighted by Crippen LogP contribution is 2.41. The minimum atomic E-state index is 1.24. The third kappa shape index (κ3) is 2.48. The number of aromatic nitrogens is 1. The second kappa shape index (κ2) is 6.55. The van der Waals surface area contributed by atoms with E-state index < -0.39 is 0 Å². The summed E-state index contributed by atoms with van der Waals surface area (Å²) in [5.41, 5.74) is 3.73. The van der Waals surface area contributed by atoms with Crippen molar-refractivity contribution < 1.29 is 0 Å². The first-order valence-electron chi connectivity index (χ1n) is 10.3. The number of rotatable bonds is 3. The summed E-state index contributed by atoms with van der Waals surface area (Å²) in [5.74, 6) is 0. The van der Waals surface area contributed by atoms with Crippen LogP contribution in [-0.4, -0.2) is 4.57 Å². The molecule has 0 N–H and O–H groups in total. The molecular formula is C28H17NS2. The fourth-order valence-corrected chi connectivity index (χ4v) is 6.33. The molecule has 0 saturated carbocycles. The molecule has 0 saturated heterocycles. The number of hydrogen-bond acceptors (Lipinski definition) is 2. The van der Waals surface area contributed by atoms with Crippen LogP contribution in [0, 0.1) is 0 Å². The van der Waals surface area contributed by atoms with Gasteiger partial charge in [-0.25, -0.2) is 0 Å². The molecule has 0 bridgehead atoms. The maximum absolute atomic E-state index is 2.45. The Balaban J connectivity index is 1.63. The normalized spacial score (nSPS) is 11.9. The van der Waals surface area contributed by atoms with Gasteiger partial charge < -0.3 is 4.57 Å². The highest BCUT2D eigenvalue weighted by atomic mass is 32.1. The van der Waals surface area contributed by atoms with E-state index in [0.29, 0.717) is 0 Å². The Hall–Kier alpha value is -3.40. The van der Waals surface area contributed by atoms with Crippen molar-refractivity contribution in [2.75, 3.05) is 0 Å². The van der Waals surface area contributed by atoms with E-state index in [2.05, 4.69) is 106 Å². The van der Waals surface area contributed by atoms with Crippen LogP contribution in [0.5, 0.6) is 0 Å². The first-order valence-corrected chi connectivity index (χ1v) is 12.1. The largest absolute Gasteiger partial charge is 0.307 e. The van der Waals surface area contributed by atoms with E-state index in [1.54, 1.807) is 22.7 Å². The monoisotopic (exact) mass is 431 g/mol. The molecule has 0 atom stereocenters. The van der Waals surface area contributed by atoms with Gasteiger partial charge in [-0.1, -0.05) is 60.7 Å². The Morgan fingerprint density at radius 3 is 1.68 bits per heavy atom. The van der Waals surface area contributed by atoms with Crippen molar-refractivity contribution in [2.24, 2.45) is 0 Å². The van der Waals surface area contributed by atoms with E-state index in [1.807, 2.05) is 0 Å². The molecule has 4 aromatic carbocycles. The maximum atomic E-state index is 2.45. The quantitative estimate of drug-likeness (QED) is 0.246. The lowest BCUT2D eigenvalue weighted by molar-refractivity contribution is 1.12. The summed E-state index contributed by atoms with van der Waals surface area (Å²) >= 11 is 3.58. The zero-order chi connectivity index (χ0) is 20.4. The van der Waals surface area contributed by atoms with Crippen LogP contribution in [0.2, 0.25) is 0 Å². The van der Waals surface area contributed by atoms with Crippen molar-refractivity contribution in [3.63, 3.8) is 0 Å². The van der Waals surface area contributed by atoms with Crippen LogP contribution in [0.3, 0.4) is 0 Å². The number of benzene rings is 4. The van der Waals surface area contributed by atoms with Gasteiger partial charge in [0.2, 0.25) is 0 Å². The average Bonchev–Trinajstić information content (AvgIpc) is 3.58. The van der Waals surface area contributed by atoms with E-state index in [1.165, 1.54) is 59.1 Å². The Morgan fingerprint density at radius 2 is 1.06 bits per heavy atom. The van der Waals surface area contributed by atoms with Crippen LogP contribution in [0.25, 0.3) is 59.1 Å². The molecular weight excluding hydrogens is 414 g/mol. The van der Waals surface area contributed by atoms with Gasteiger partial charge in [-0.05, 0) is 68.0 Å². The molecule has 0 aliphatic carbocycles. The van der Waals surface area contributed by atoms with Gasteiger partial charge in [0.05, 0.1) is 26.8 Å². The summed E-state index contributed by atoms with van der Waals surface area (Å²) in [7, 11) is 0. The fourth-order valence-electron chi connectivity index (χ4n) is 4.84. The van der Waals surface area contributed by atoms with Crippen molar-refractivity contribution in [2.45, 2.75) is 0 Å². The van der Waals surface area contributed by atoms with Crippen molar-refractivity contribution in [1.29, 1.82) is 0 Å². The molecule has 7 rings (SSSR count). The van der Waals surface area contributed by atoms with E-state index in [0.717, 1.165) is 0 Å². The molecule has 0 amide bonds. The molecule has 3 heterocycles. The molecule has 31 heavy (non-hydrogen) atoms. The SMILES string of the molecule is c1csc(-c2ccc(-c3cccs3)n2-c2ccc3ccc4cccc5ccc2c3c45)c1. The molecule has 0 unspecified atom stereocenters. The summed E-state index contributed by atoms with van der Waals surface area (Å²) in [6.07, 6.45) is 0. The molecule has 0 aliphatic rings. The lowest BCUT2D eigenvalue weighted by Crippen LogP contribution is -2.00. The molecule has 0 spiro atoms. The van der Waals surface area contributed by atoms with E-state index in [9.17, 15) is 0 Å². The molecule has 0 radical (unpaired) electrons. The van der Waals surface area contributed by atoms with Gasteiger partial charge in [0.1, 0.15) is 0 Å². The lowest BCUT2D eigenvalue weighted by Gasteiger charge is -2.18. The second-order valence-corrected chi connectivity index (χ2v) is 9.73. The first kappa shape index (κ1) is 17.3. The Bertz CT molecular complexity index is 1600. The predicted molar refractivity (Wildman–Crippen MR) is 136 cm³/mol. The summed E-state index contributed by atoms with van der Waals surface area (Å²) < 4.78 is 2.45. The van der Waals surface area contributed by atoms with E-state index in [-0.39, 0.29) is 0 Å². The minimum Gasteiger partial charge on any atom is -0.307 e. The summed E-state index contributed by atoms with van der Waals surface area (Å²) in [5, 5.41) is 12.2. The second-order valence-electron chi connectivity index (χ2n) is 7.83. The number of hydrogen-bond donors (Lipinski definition) is 0. The number of thiophene rings is 2. The minimum absolute atomic E-state index is 1.24. The molecule has 146 valence electrons. The molecule has 0 fully saturated rings. The zero-order valence-corrected chi connectivity index (χ0v) is 18.2. The van der Waals surface area contributed by atoms with Crippen molar-refractivity contribution in [3.05, 3.63) is 102 Å². The van der Waals surface area contributed by atoms with Crippen molar-refractivity contribution in [3.8, 4) is 26.8 Å². The molecule has 3 aromatic heterocycles. The summed E-state index contributed by atoms with van der Waals surface area (Å²) in [6, 6.07) is 33.4. The van der Waals surface area contributed by atoms with Crippen LogP contribution in [-0.2, 0) is 0 Å². The Morgan fingerprint density at radius 1 is 0.484 bits per heavy atom. The fraction of sp³-hybridized carbons (Fsp3) is 0. The zero-order valence-electron chi connectivity index (χ0n) is 16.6. The van der Waals surface area contributed by atoms with Crippen molar-refractivity contribution >= 4 is 55.0 Å². The van der Waals surface area contributed by atoms with Crippen LogP contribution in [0.4, 0.5) is 0 Å². The average molecular weight is 432 g/mol. The first-order chi connectivity index (χ1) is 15.4. The molecule has 3 heteroatoms. The van der Waals surface area contributed by atoms with Gasteiger partial charge in [0.15, 0.2) is 0 Å². The van der Waals surface area contributed by atoms with Crippen LogP contribution in [0.15, 0.2) is 102 Å². The van der Waals surface area contributed by atoms with Crippen LogP contribution < -0.4 is 0 Å². The predicted octanol–water partition coefficient (Wildman–Crippen LogP) is 8.83. The molecule has 1 nitrogen and oxygen atoms in total. The summed E-state index contributed by atoms with van der Waals surface area (Å²) in [4.78, 5) is 2.57. The smallest absolute Gasteiger partial charge is 0.0635 e.